The van der Waals surface area contributed by atoms with E-state index in [9.17, 15) is 31.1 Å². The van der Waals surface area contributed by atoms with Crippen molar-refractivity contribution >= 4 is 11.7 Å². The van der Waals surface area contributed by atoms with Gasteiger partial charge in [-0.3, -0.25) is 4.79 Å². The van der Waals surface area contributed by atoms with Crippen LogP contribution in [0.2, 0.25) is 0 Å². The Bertz CT molecular complexity index is 1170. The minimum Gasteiger partial charge on any atom is -0.368 e. The number of amides is 1. The van der Waals surface area contributed by atoms with E-state index in [1.807, 2.05) is 0 Å². The molecule has 178 valence electrons. The van der Waals surface area contributed by atoms with Gasteiger partial charge in [0.1, 0.15) is 17.7 Å². The number of carbonyl (C=O) groups is 1. The number of anilines is 1. The highest BCUT2D eigenvalue weighted by atomic mass is 19.4. The third kappa shape index (κ3) is 4.66. The number of pyridine rings is 1. The lowest BCUT2D eigenvalue weighted by Crippen LogP contribution is -2.47. The highest BCUT2D eigenvalue weighted by molar-refractivity contribution is 6.00. The maximum absolute atomic E-state index is 14.7. The molecule has 1 aliphatic heterocycles. The van der Waals surface area contributed by atoms with E-state index in [-0.39, 0.29) is 23.8 Å². The van der Waals surface area contributed by atoms with E-state index in [0.717, 1.165) is 23.1 Å². The molecule has 6 nitrogen and oxygen atoms in total. The van der Waals surface area contributed by atoms with E-state index < -0.39 is 54.0 Å². The van der Waals surface area contributed by atoms with Gasteiger partial charge in [0.25, 0.3) is 11.8 Å². The van der Waals surface area contributed by atoms with Crippen LogP contribution in [-0.2, 0) is 6.18 Å². The molecule has 1 atom stereocenters. The van der Waals surface area contributed by atoms with Crippen molar-refractivity contribution in [2.45, 2.75) is 24.6 Å². The molecule has 0 unspecified atom stereocenters. The fraction of sp³-hybridized carbons (Fsp3) is 0.273. The first-order valence-corrected chi connectivity index (χ1v) is 10.1. The first kappa shape index (κ1) is 23.5. The molecule has 1 aromatic carbocycles. The molecular weight excluding hydrogens is 464 g/mol. The van der Waals surface area contributed by atoms with E-state index in [0.29, 0.717) is 6.20 Å². The number of nitrogens with one attached hydrogen (secondary N) is 1. The Morgan fingerprint density at radius 2 is 1.82 bits per heavy atom. The van der Waals surface area contributed by atoms with Gasteiger partial charge < -0.3 is 10.2 Å². The Balaban J connectivity index is 1.59. The SMILES string of the molecule is O=C(c1c(F)cccc1-c1ncccn1)N1CCC(F)(F)[C@H]1CNc1ccc(C(F)(F)F)cn1. The molecule has 12 heteroatoms. The molecule has 1 fully saturated rings. The maximum atomic E-state index is 14.7. The molecule has 34 heavy (non-hydrogen) atoms. The van der Waals surface area contributed by atoms with E-state index in [2.05, 4.69) is 20.3 Å². The van der Waals surface area contributed by atoms with Gasteiger partial charge in [-0.25, -0.2) is 28.1 Å². The Kier molecular flexibility index (Phi) is 6.15. The van der Waals surface area contributed by atoms with Crippen molar-refractivity contribution in [3.05, 3.63) is 71.9 Å². The molecule has 0 radical (unpaired) electrons. The molecule has 0 bridgehead atoms. The summed E-state index contributed by atoms with van der Waals surface area (Å²) < 4.78 is 82.2. The molecular formula is C22H17F6N5O. The Hall–Kier alpha value is -3.70. The second kappa shape index (κ2) is 8.92. The van der Waals surface area contributed by atoms with Gasteiger partial charge in [0, 0.05) is 43.7 Å². The zero-order valence-corrected chi connectivity index (χ0v) is 17.4. The second-order valence-corrected chi connectivity index (χ2v) is 7.57. The molecule has 2 aromatic heterocycles. The number of halogens is 6. The number of alkyl halides is 5. The van der Waals surface area contributed by atoms with Crippen molar-refractivity contribution in [1.29, 1.82) is 0 Å². The van der Waals surface area contributed by atoms with E-state index in [4.69, 9.17) is 0 Å². The van der Waals surface area contributed by atoms with Gasteiger partial charge >= 0.3 is 6.18 Å². The van der Waals surface area contributed by atoms with Crippen LogP contribution in [0.15, 0.2) is 55.0 Å². The molecule has 4 rings (SSSR count). The summed E-state index contributed by atoms with van der Waals surface area (Å²) in [5.74, 6) is -5.22. The minimum atomic E-state index is -4.59. The summed E-state index contributed by atoms with van der Waals surface area (Å²) in [5.41, 5.74) is -1.38. The van der Waals surface area contributed by atoms with E-state index in [1.165, 1.54) is 30.6 Å². The van der Waals surface area contributed by atoms with Gasteiger partial charge in [0.05, 0.1) is 11.1 Å². The zero-order valence-electron chi connectivity index (χ0n) is 17.4. The number of hydrogen-bond acceptors (Lipinski definition) is 5. The van der Waals surface area contributed by atoms with Crippen molar-refractivity contribution < 1.29 is 31.1 Å². The normalized spacial score (nSPS) is 17.6. The maximum Gasteiger partial charge on any atom is 0.417 e. The van der Waals surface area contributed by atoms with Gasteiger partial charge in [-0.1, -0.05) is 12.1 Å². The number of rotatable bonds is 5. The number of nitrogens with zero attached hydrogens (tertiary/aromatic N) is 4. The highest BCUT2D eigenvalue weighted by Crippen LogP contribution is 2.36. The number of benzene rings is 1. The van der Waals surface area contributed by atoms with Crippen molar-refractivity contribution in [2.75, 3.05) is 18.4 Å². The van der Waals surface area contributed by atoms with Crippen molar-refractivity contribution in [3.63, 3.8) is 0 Å². The lowest BCUT2D eigenvalue weighted by Gasteiger charge is -2.28. The van der Waals surface area contributed by atoms with Crippen molar-refractivity contribution in [2.24, 2.45) is 0 Å². The molecule has 1 N–H and O–H groups in total. The van der Waals surface area contributed by atoms with Crippen LogP contribution in [0.5, 0.6) is 0 Å². The molecule has 3 aromatic rings. The van der Waals surface area contributed by atoms with Crippen molar-refractivity contribution in [3.8, 4) is 11.4 Å². The third-order valence-corrected chi connectivity index (χ3v) is 5.41. The van der Waals surface area contributed by atoms with Crippen LogP contribution >= 0.6 is 0 Å². The first-order valence-electron chi connectivity index (χ1n) is 10.1. The third-order valence-electron chi connectivity index (χ3n) is 5.41. The molecule has 1 aliphatic rings. The monoisotopic (exact) mass is 481 g/mol. The summed E-state index contributed by atoms with van der Waals surface area (Å²) in [5, 5.41) is 2.55. The quantitative estimate of drug-likeness (QED) is 0.537. The van der Waals surface area contributed by atoms with Gasteiger partial charge in [0.2, 0.25) is 0 Å². The number of hydrogen-bond donors (Lipinski definition) is 1. The smallest absolute Gasteiger partial charge is 0.368 e. The van der Waals surface area contributed by atoms with Crippen LogP contribution in [0.25, 0.3) is 11.4 Å². The lowest BCUT2D eigenvalue weighted by molar-refractivity contribution is -0.137. The van der Waals surface area contributed by atoms with E-state index >= 15 is 0 Å². The average Bonchev–Trinajstić information content (AvgIpc) is 3.11. The zero-order chi connectivity index (χ0) is 24.5. The fourth-order valence-corrected chi connectivity index (χ4v) is 3.70. The standard InChI is InChI=1S/C22H17F6N5O/c23-15-4-1-3-14(19-29-8-2-9-30-19)18(15)20(34)33-10-7-21(24,25)16(33)12-32-17-6-5-13(11-31-17)22(26,27)28/h1-6,8-9,11,16H,7,10,12H2,(H,31,32)/t16-/m1/s1. The van der Waals surface area contributed by atoms with Gasteiger partial charge in [-0.2, -0.15) is 13.2 Å². The largest absolute Gasteiger partial charge is 0.417 e. The fourth-order valence-electron chi connectivity index (χ4n) is 3.70. The van der Waals surface area contributed by atoms with Crippen LogP contribution < -0.4 is 5.32 Å². The van der Waals surface area contributed by atoms with E-state index in [1.54, 1.807) is 0 Å². The summed E-state index contributed by atoms with van der Waals surface area (Å²) in [6.07, 6.45) is -1.88. The van der Waals surface area contributed by atoms with Crippen LogP contribution in [-0.4, -0.2) is 50.8 Å². The van der Waals surface area contributed by atoms with Gasteiger partial charge in [-0.05, 0) is 24.3 Å². The van der Waals surface area contributed by atoms with Crippen LogP contribution in [0.1, 0.15) is 22.3 Å². The molecule has 3 heterocycles. The predicted octanol–water partition coefficient (Wildman–Crippen LogP) is 4.66. The number of likely N-dealkylation sites (tertiary alicyclic amines) is 1. The Labute approximate surface area is 189 Å². The molecule has 1 amide bonds. The summed E-state index contributed by atoms with van der Waals surface area (Å²) >= 11 is 0. The summed E-state index contributed by atoms with van der Waals surface area (Å²) in [4.78, 5) is 25.7. The number of aromatic nitrogens is 3. The van der Waals surface area contributed by atoms with Crippen LogP contribution in [0, 0.1) is 5.82 Å². The second-order valence-electron chi connectivity index (χ2n) is 7.57. The minimum absolute atomic E-state index is 0.0527. The average molecular weight is 481 g/mol. The molecule has 0 aliphatic carbocycles. The molecule has 0 saturated carbocycles. The summed E-state index contributed by atoms with van der Waals surface area (Å²) in [6, 6.07) is 5.41. The first-order chi connectivity index (χ1) is 16.1. The lowest BCUT2D eigenvalue weighted by atomic mass is 10.0. The predicted molar refractivity (Wildman–Crippen MR) is 110 cm³/mol. The topological polar surface area (TPSA) is 71.0 Å². The summed E-state index contributed by atoms with van der Waals surface area (Å²) in [7, 11) is 0. The van der Waals surface area contributed by atoms with Gasteiger partial charge in [-0.15, -0.1) is 0 Å². The molecule has 0 spiro atoms. The Morgan fingerprint density at radius 3 is 2.47 bits per heavy atom. The Morgan fingerprint density at radius 1 is 1.09 bits per heavy atom. The summed E-state index contributed by atoms with van der Waals surface area (Å²) in [6.45, 7) is -0.856. The number of carbonyl (C=O) groups excluding carboxylic acids is 1. The van der Waals surface area contributed by atoms with Crippen LogP contribution in [0.4, 0.5) is 32.2 Å². The van der Waals surface area contributed by atoms with Crippen molar-refractivity contribution in [1.82, 2.24) is 19.9 Å². The van der Waals surface area contributed by atoms with Gasteiger partial charge in [0.15, 0.2) is 5.82 Å². The van der Waals surface area contributed by atoms with Crippen LogP contribution in [0.3, 0.4) is 0 Å². The molecule has 1 saturated heterocycles. The highest BCUT2D eigenvalue weighted by Gasteiger charge is 2.51.